The second-order valence-corrected chi connectivity index (χ2v) is 8.29. The summed E-state index contributed by atoms with van der Waals surface area (Å²) in [7, 11) is 0. The Balaban J connectivity index is 1.54. The fourth-order valence-electron chi connectivity index (χ4n) is 4.29. The van der Waals surface area contributed by atoms with E-state index in [-0.39, 0.29) is 18.4 Å². The van der Waals surface area contributed by atoms with E-state index in [0.717, 1.165) is 28.2 Å². The molecule has 1 aliphatic heterocycles. The second-order valence-electron chi connectivity index (χ2n) is 8.29. The van der Waals surface area contributed by atoms with Crippen LogP contribution in [0.1, 0.15) is 29.3 Å². The highest BCUT2D eigenvalue weighted by Gasteiger charge is 2.33. The standard InChI is InChI=1S/C25H29N3O3/c1-4-11-27-14-19(13-24(27)30)25-26-21-7-5-6-8-22(21)28(25)15-20(29)16-31-23-10-9-17(2)12-18(23)3/h4-10,12,19-20,29H,1,11,13-16H2,2-3H3/t19-,20-/m0/s1. The number of hydrogen-bond acceptors (Lipinski definition) is 4. The molecule has 31 heavy (non-hydrogen) atoms. The van der Waals surface area contributed by atoms with Gasteiger partial charge in [0.25, 0.3) is 0 Å². The van der Waals surface area contributed by atoms with Crippen LogP contribution in [0.5, 0.6) is 5.75 Å². The van der Waals surface area contributed by atoms with Gasteiger partial charge in [0.1, 0.15) is 24.3 Å². The summed E-state index contributed by atoms with van der Waals surface area (Å²) < 4.78 is 7.93. The zero-order valence-electron chi connectivity index (χ0n) is 18.1. The van der Waals surface area contributed by atoms with Gasteiger partial charge in [-0.25, -0.2) is 4.98 Å². The average molecular weight is 420 g/mol. The highest BCUT2D eigenvalue weighted by molar-refractivity contribution is 5.81. The maximum atomic E-state index is 12.4. The molecule has 0 unspecified atom stereocenters. The molecule has 2 heterocycles. The lowest BCUT2D eigenvalue weighted by Gasteiger charge is -2.19. The summed E-state index contributed by atoms with van der Waals surface area (Å²) in [4.78, 5) is 19.0. The molecule has 2 atom stereocenters. The quantitative estimate of drug-likeness (QED) is 0.567. The molecule has 6 heteroatoms. The summed E-state index contributed by atoms with van der Waals surface area (Å²) in [5, 5.41) is 10.8. The number of fused-ring (bicyclic) bond motifs is 1. The number of aliphatic hydroxyl groups is 1. The van der Waals surface area contributed by atoms with Crippen molar-refractivity contribution in [3.8, 4) is 5.75 Å². The number of carbonyl (C=O) groups is 1. The Morgan fingerprint density at radius 1 is 1.29 bits per heavy atom. The molecule has 1 saturated heterocycles. The number of imidazole rings is 1. The molecular weight excluding hydrogens is 390 g/mol. The van der Waals surface area contributed by atoms with E-state index in [4.69, 9.17) is 9.72 Å². The smallest absolute Gasteiger partial charge is 0.223 e. The predicted octanol–water partition coefficient (Wildman–Crippen LogP) is 3.59. The summed E-state index contributed by atoms with van der Waals surface area (Å²) >= 11 is 0. The van der Waals surface area contributed by atoms with E-state index in [1.807, 2.05) is 54.8 Å². The van der Waals surface area contributed by atoms with Crippen LogP contribution in [0, 0.1) is 13.8 Å². The van der Waals surface area contributed by atoms with Crippen LogP contribution in [0.2, 0.25) is 0 Å². The molecule has 6 nitrogen and oxygen atoms in total. The van der Waals surface area contributed by atoms with Crippen LogP contribution in [-0.4, -0.2) is 51.3 Å². The lowest BCUT2D eigenvalue weighted by atomic mass is 10.1. The van der Waals surface area contributed by atoms with Crippen molar-refractivity contribution in [3.05, 3.63) is 72.1 Å². The lowest BCUT2D eigenvalue weighted by Crippen LogP contribution is -2.26. The lowest BCUT2D eigenvalue weighted by molar-refractivity contribution is -0.127. The first-order chi connectivity index (χ1) is 15.0. The summed E-state index contributed by atoms with van der Waals surface area (Å²) in [6.45, 7) is 9.48. The number of aliphatic hydroxyl groups excluding tert-OH is 1. The molecule has 4 rings (SSSR count). The number of para-hydroxylation sites is 2. The first-order valence-electron chi connectivity index (χ1n) is 10.7. The molecule has 0 radical (unpaired) electrons. The van der Waals surface area contributed by atoms with Crippen molar-refractivity contribution in [2.45, 2.75) is 38.8 Å². The first kappa shape index (κ1) is 21.1. The summed E-state index contributed by atoms with van der Waals surface area (Å²) in [5.74, 6) is 1.73. The molecule has 1 fully saturated rings. The zero-order valence-corrected chi connectivity index (χ0v) is 18.1. The van der Waals surface area contributed by atoms with Crippen LogP contribution in [0.25, 0.3) is 11.0 Å². The van der Waals surface area contributed by atoms with E-state index in [1.165, 1.54) is 5.56 Å². The van der Waals surface area contributed by atoms with Crippen LogP contribution in [-0.2, 0) is 11.3 Å². The fourth-order valence-corrected chi connectivity index (χ4v) is 4.29. The number of rotatable bonds is 8. The predicted molar refractivity (Wildman–Crippen MR) is 121 cm³/mol. The third kappa shape index (κ3) is 4.49. The van der Waals surface area contributed by atoms with Gasteiger partial charge in [0.05, 0.1) is 17.6 Å². The van der Waals surface area contributed by atoms with Crippen LogP contribution in [0.3, 0.4) is 0 Å². The van der Waals surface area contributed by atoms with Gasteiger partial charge in [0.15, 0.2) is 0 Å². The molecule has 3 aromatic rings. The highest BCUT2D eigenvalue weighted by atomic mass is 16.5. The van der Waals surface area contributed by atoms with Crippen molar-refractivity contribution in [1.29, 1.82) is 0 Å². The minimum Gasteiger partial charge on any atom is -0.491 e. The topological polar surface area (TPSA) is 67.6 Å². The SMILES string of the molecule is C=CCN1C[C@@H](c2nc3ccccc3n2C[C@H](O)COc2ccc(C)cc2C)CC1=O. The molecule has 1 amide bonds. The van der Waals surface area contributed by atoms with Crippen LogP contribution in [0.4, 0.5) is 0 Å². The van der Waals surface area contributed by atoms with Gasteiger partial charge in [-0.3, -0.25) is 4.79 Å². The van der Waals surface area contributed by atoms with Crippen molar-refractivity contribution >= 4 is 16.9 Å². The van der Waals surface area contributed by atoms with Crippen molar-refractivity contribution in [3.63, 3.8) is 0 Å². The van der Waals surface area contributed by atoms with Crippen LogP contribution < -0.4 is 4.74 Å². The molecule has 1 aliphatic rings. The van der Waals surface area contributed by atoms with Gasteiger partial charge in [-0.05, 0) is 37.6 Å². The van der Waals surface area contributed by atoms with E-state index in [2.05, 4.69) is 12.6 Å². The Morgan fingerprint density at radius 2 is 2.10 bits per heavy atom. The normalized spacial score (nSPS) is 17.3. The van der Waals surface area contributed by atoms with Crippen molar-refractivity contribution in [1.82, 2.24) is 14.5 Å². The molecule has 2 aromatic carbocycles. The van der Waals surface area contributed by atoms with Gasteiger partial charge in [0, 0.05) is 25.4 Å². The Hall–Kier alpha value is -3.12. The number of aromatic nitrogens is 2. The van der Waals surface area contributed by atoms with Gasteiger partial charge in [-0.2, -0.15) is 0 Å². The van der Waals surface area contributed by atoms with Gasteiger partial charge in [-0.15, -0.1) is 6.58 Å². The second kappa shape index (κ2) is 8.94. The number of ether oxygens (including phenoxy) is 1. The Morgan fingerprint density at radius 3 is 2.87 bits per heavy atom. The Labute approximate surface area is 182 Å². The molecular formula is C25H29N3O3. The maximum Gasteiger partial charge on any atom is 0.223 e. The number of aryl methyl sites for hydroxylation is 2. The fraction of sp³-hybridized carbons (Fsp3) is 0.360. The molecule has 0 aliphatic carbocycles. The molecule has 0 saturated carbocycles. The van der Waals surface area contributed by atoms with Crippen molar-refractivity contribution in [2.75, 3.05) is 19.7 Å². The van der Waals surface area contributed by atoms with Gasteiger partial charge < -0.3 is 19.3 Å². The van der Waals surface area contributed by atoms with Gasteiger partial charge in [-0.1, -0.05) is 35.9 Å². The monoisotopic (exact) mass is 419 g/mol. The Kier molecular flexibility index (Phi) is 6.09. The molecule has 0 spiro atoms. The molecule has 1 aromatic heterocycles. The summed E-state index contributed by atoms with van der Waals surface area (Å²) in [6.07, 6.45) is 1.46. The summed E-state index contributed by atoms with van der Waals surface area (Å²) in [5.41, 5.74) is 4.05. The van der Waals surface area contributed by atoms with Crippen molar-refractivity contribution < 1.29 is 14.6 Å². The van der Waals surface area contributed by atoms with Gasteiger partial charge in [0.2, 0.25) is 5.91 Å². The van der Waals surface area contributed by atoms with E-state index in [0.29, 0.717) is 26.1 Å². The number of hydrogen-bond donors (Lipinski definition) is 1. The minimum atomic E-state index is -0.710. The van der Waals surface area contributed by atoms with E-state index in [1.54, 1.807) is 11.0 Å². The Bertz CT molecular complexity index is 1100. The summed E-state index contributed by atoms with van der Waals surface area (Å²) in [6, 6.07) is 13.9. The maximum absolute atomic E-state index is 12.4. The number of nitrogens with zero attached hydrogens (tertiary/aromatic N) is 3. The van der Waals surface area contributed by atoms with Crippen molar-refractivity contribution in [2.24, 2.45) is 0 Å². The molecule has 1 N–H and O–H groups in total. The molecule has 162 valence electrons. The number of carbonyl (C=O) groups excluding carboxylic acids is 1. The minimum absolute atomic E-state index is 0.00712. The number of amides is 1. The van der Waals surface area contributed by atoms with Crippen LogP contribution in [0.15, 0.2) is 55.1 Å². The first-order valence-corrected chi connectivity index (χ1v) is 10.7. The van der Waals surface area contributed by atoms with Gasteiger partial charge >= 0.3 is 0 Å². The highest BCUT2D eigenvalue weighted by Crippen LogP contribution is 2.30. The third-order valence-electron chi connectivity index (χ3n) is 5.77. The van der Waals surface area contributed by atoms with E-state index >= 15 is 0 Å². The molecule has 0 bridgehead atoms. The van der Waals surface area contributed by atoms with E-state index in [9.17, 15) is 9.90 Å². The zero-order chi connectivity index (χ0) is 22.0. The average Bonchev–Trinajstić information content (AvgIpc) is 3.28. The largest absolute Gasteiger partial charge is 0.491 e. The van der Waals surface area contributed by atoms with E-state index < -0.39 is 6.10 Å². The number of likely N-dealkylation sites (tertiary alicyclic amines) is 1. The van der Waals surface area contributed by atoms with Crippen LogP contribution >= 0.6 is 0 Å². The number of benzene rings is 2. The third-order valence-corrected chi connectivity index (χ3v) is 5.77.